The SMILES string of the molecule is COc1cc([C@@](C)(C[C@H](O)[C@H](Cc2ccccc2)NC(=O)OC(C)(C)C)C(=O)O)cc(OC)c1OC. The van der Waals surface area contributed by atoms with Crippen molar-refractivity contribution < 1.29 is 38.7 Å². The maximum atomic E-state index is 12.6. The van der Waals surface area contributed by atoms with Gasteiger partial charge in [0, 0.05) is 0 Å². The van der Waals surface area contributed by atoms with Gasteiger partial charge in [0.25, 0.3) is 0 Å². The number of carbonyl (C=O) groups is 2. The van der Waals surface area contributed by atoms with Gasteiger partial charge in [-0.3, -0.25) is 4.79 Å². The molecule has 36 heavy (non-hydrogen) atoms. The third-order valence-corrected chi connectivity index (χ3v) is 5.86. The molecule has 0 aromatic heterocycles. The molecule has 0 fully saturated rings. The molecule has 0 unspecified atom stereocenters. The first-order chi connectivity index (χ1) is 16.8. The summed E-state index contributed by atoms with van der Waals surface area (Å²) in [6.45, 7) is 6.72. The summed E-state index contributed by atoms with van der Waals surface area (Å²) in [5.41, 5.74) is -1.09. The molecular formula is C27H37NO8. The number of alkyl carbamates (subject to hydrolysis) is 1. The molecule has 1 amide bonds. The van der Waals surface area contributed by atoms with Gasteiger partial charge < -0.3 is 34.5 Å². The Morgan fingerprint density at radius 1 is 0.944 bits per heavy atom. The first kappa shape index (κ1) is 28.8. The van der Waals surface area contributed by atoms with Crippen LogP contribution in [-0.2, 0) is 21.4 Å². The van der Waals surface area contributed by atoms with E-state index in [0.29, 0.717) is 22.8 Å². The Morgan fingerprint density at radius 2 is 1.50 bits per heavy atom. The Labute approximate surface area is 212 Å². The summed E-state index contributed by atoms with van der Waals surface area (Å²) in [5.74, 6) is -0.250. The zero-order chi connectivity index (χ0) is 27.1. The maximum Gasteiger partial charge on any atom is 0.407 e. The molecule has 3 atom stereocenters. The van der Waals surface area contributed by atoms with Gasteiger partial charge in [0.05, 0.1) is 38.9 Å². The van der Waals surface area contributed by atoms with E-state index in [1.165, 1.54) is 28.3 Å². The largest absolute Gasteiger partial charge is 0.493 e. The lowest BCUT2D eigenvalue weighted by molar-refractivity contribution is -0.144. The minimum Gasteiger partial charge on any atom is -0.493 e. The Bertz CT molecular complexity index is 1010. The molecule has 0 heterocycles. The smallest absolute Gasteiger partial charge is 0.407 e. The average molecular weight is 504 g/mol. The second kappa shape index (κ2) is 12.0. The number of methoxy groups -OCH3 is 3. The fourth-order valence-corrected chi connectivity index (χ4v) is 3.90. The monoisotopic (exact) mass is 503 g/mol. The van der Waals surface area contributed by atoms with Gasteiger partial charge in [-0.25, -0.2) is 4.79 Å². The van der Waals surface area contributed by atoms with Crippen molar-refractivity contribution in [3.63, 3.8) is 0 Å². The lowest BCUT2D eigenvalue weighted by Crippen LogP contribution is -2.49. The number of carboxylic acid groups (broad SMARTS) is 1. The lowest BCUT2D eigenvalue weighted by Gasteiger charge is -2.33. The van der Waals surface area contributed by atoms with Gasteiger partial charge in [-0.1, -0.05) is 30.3 Å². The summed E-state index contributed by atoms with van der Waals surface area (Å²) >= 11 is 0. The average Bonchev–Trinajstić information content (AvgIpc) is 2.81. The van der Waals surface area contributed by atoms with Crippen LogP contribution in [0, 0.1) is 0 Å². The van der Waals surface area contributed by atoms with Crippen molar-refractivity contribution in [3.8, 4) is 17.2 Å². The maximum absolute atomic E-state index is 12.6. The van der Waals surface area contributed by atoms with Gasteiger partial charge in [0.15, 0.2) is 11.5 Å². The van der Waals surface area contributed by atoms with E-state index in [-0.39, 0.29) is 12.8 Å². The van der Waals surface area contributed by atoms with E-state index in [4.69, 9.17) is 18.9 Å². The minimum atomic E-state index is -1.56. The fraction of sp³-hybridized carbons (Fsp3) is 0.481. The van der Waals surface area contributed by atoms with Gasteiger partial charge in [-0.05, 0) is 63.8 Å². The summed E-state index contributed by atoms with van der Waals surface area (Å²) in [7, 11) is 4.33. The van der Waals surface area contributed by atoms with E-state index in [1.807, 2.05) is 30.3 Å². The number of benzene rings is 2. The van der Waals surface area contributed by atoms with Crippen LogP contribution in [0.3, 0.4) is 0 Å². The number of amides is 1. The second-order valence-electron chi connectivity index (χ2n) is 9.77. The van der Waals surface area contributed by atoms with Crippen molar-refractivity contribution in [1.29, 1.82) is 0 Å². The highest BCUT2D eigenvalue weighted by Gasteiger charge is 2.41. The number of hydrogen-bond acceptors (Lipinski definition) is 7. The highest BCUT2D eigenvalue weighted by molar-refractivity contribution is 5.82. The lowest BCUT2D eigenvalue weighted by atomic mass is 9.76. The first-order valence-corrected chi connectivity index (χ1v) is 11.6. The van der Waals surface area contributed by atoms with Crippen molar-refractivity contribution >= 4 is 12.1 Å². The molecule has 0 saturated heterocycles. The van der Waals surface area contributed by atoms with Crippen LogP contribution in [-0.4, -0.2) is 61.4 Å². The standard InChI is InChI=1S/C27H37NO8/c1-26(2,3)36-25(32)28-19(13-17-11-9-8-10-12-17)20(29)16-27(4,24(30)31)18-14-21(33-5)23(35-7)22(15-18)34-6/h8-12,14-15,19-20,29H,13,16H2,1-7H3,(H,28,32)(H,30,31)/t19-,20-,27+/m0/s1. The van der Waals surface area contributed by atoms with E-state index in [9.17, 15) is 19.8 Å². The third kappa shape index (κ3) is 7.27. The number of hydrogen-bond donors (Lipinski definition) is 3. The number of ether oxygens (including phenoxy) is 4. The number of aliphatic carboxylic acids is 1. The van der Waals surface area contributed by atoms with Crippen LogP contribution in [0.15, 0.2) is 42.5 Å². The van der Waals surface area contributed by atoms with E-state index in [1.54, 1.807) is 32.9 Å². The normalized spacial score (nSPS) is 14.7. The van der Waals surface area contributed by atoms with Crippen LogP contribution in [0.4, 0.5) is 4.79 Å². The summed E-state index contributed by atoms with van der Waals surface area (Å²) in [6.07, 6.45) is -1.88. The number of rotatable bonds is 11. The summed E-state index contributed by atoms with van der Waals surface area (Å²) in [5, 5.41) is 24.3. The zero-order valence-electron chi connectivity index (χ0n) is 22.0. The second-order valence-corrected chi connectivity index (χ2v) is 9.77. The molecule has 0 aliphatic rings. The van der Waals surface area contributed by atoms with Gasteiger partial charge in [0.1, 0.15) is 5.60 Å². The molecule has 2 aromatic carbocycles. The van der Waals surface area contributed by atoms with E-state index >= 15 is 0 Å². The van der Waals surface area contributed by atoms with Crippen LogP contribution in [0.1, 0.15) is 45.2 Å². The van der Waals surface area contributed by atoms with Crippen LogP contribution in [0.5, 0.6) is 17.2 Å². The summed E-state index contributed by atoms with van der Waals surface area (Å²) in [6, 6.07) is 11.6. The van der Waals surface area contributed by atoms with Gasteiger partial charge in [-0.2, -0.15) is 0 Å². The molecule has 0 spiro atoms. The van der Waals surface area contributed by atoms with E-state index < -0.39 is 35.2 Å². The summed E-state index contributed by atoms with van der Waals surface area (Å²) < 4.78 is 21.5. The minimum absolute atomic E-state index is 0.214. The highest BCUT2D eigenvalue weighted by Crippen LogP contribution is 2.43. The number of nitrogens with one attached hydrogen (secondary N) is 1. The van der Waals surface area contributed by atoms with Crippen molar-refractivity contribution in [2.45, 2.75) is 63.7 Å². The number of carbonyl (C=O) groups excluding carboxylic acids is 1. The molecule has 0 radical (unpaired) electrons. The number of aliphatic hydroxyl groups is 1. The summed E-state index contributed by atoms with van der Waals surface area (Å²) in [4.78, 5) is 25.1. The van der Waals surface area contributed by atoms with Crippen molar-refractivity contribution in [2.24, 2.45) is 0 Å². The van der Waals surface area contributed by atoms with Crippen LogP contribution < -0.4 is 19.5 Å². The Morgan fingerprint density at radius 3 is 1.94 bits per heavy atom. The Kier molecular flexibility index (Phi) is 9.58. The molecule has 2 aromatic rings. The van der Waals surface area contributed by atoms with Crippen LogP contribution in [0.2, 0.25) is 0 Å². The van der Waals surface area contributed by atoms with Crippen LogP contribution >= 0.6 is 0 Å². The first-order valence-electron chi connectivity index (χ1n) is 11.6. The molecule has 0 aliphatic carbocycles. The van der Waals surface area contributed by atoms with Gasteiger partial charge >= 0.3 is 12.1 Å². The molecule has 0 saturated carbocycles. The van der Waals surface area contributed by atoms with Crippen LogP contribution in [0.25, 0.3) is 0 Å². The fourth-order valence-electron chi connectivity index (χ4n) is 3.90. The van der Waals surface area contributed by atoms with Gasteiger partial charge in [0.2, 0.25) is 5.75 Å². The van der Waals surface area contributed by atoms with Crippen molar-refractivity contribution in [2.75, 3.05) is 21.3 Å². The topological polar surface area (TPSA) is 124 Å². The molecule has 2 rings (SSSR count). The number of carboxylic acids is 1. The molecule has 9 heteroatoms. The van der Waals surface area contributed by atoms with Crippen molar-refractivity contribution in [1.82, 2.24) is 5.32 Å². The molecule has 3 N–H and O–H groups in total. The van der Waals surface area contributed by atoms with Gasteiger partial charge in [-0.15, -0.1) is 0 Å². The van der Waals surface area contributed by atoms with E-state index in [2.05, 4.69) is 5.32 Å². The third-order valence-electron chi connectivity index (χ3n) is 5.86. The Hall–Kier alpha value is -3.46. The molecule has 198 valence electrons. The quantitative estimate of drug-likeness (QED) is 0.421. The zero-order valence-corrected chi connectivity index (χ0v) is 22.0. The molecule has 9 nitrogen and oxygen atoms in total. The van der Waals surface area contributed by atoms with E-state index in [0.717, 1.165) is 5.56 Å². The number of aliphatic hydroxyl groups excluding tert-OH is 1. The predicted molar refractivity (Wildman–Crippen MR) is 135 cm³/mol. The molecule has 0 bridgehead atoms. The Balaban J connectivity index is 2.44. The van der Waals surface area contributed by atoms with Crippen molar-refractivity contribution in [3.05, 3.63) is 53.6 Å². The highest BCUT2D eigenvalue weighted by atomic mass is 16.6. The molecular weight excluding hydrogens is 466 g/mol. The predicted octanol–water partition coefficient (Wildman–Crippen LogP) is 3.94. The molecule has 0 aliphatic heterocycles.